The van der Waals surface area contributed by atoms with Gasteiger partial charge in [0.2, 0.25) is 0 Å². The van der Waals surface area contributed by atoms with Crippen LogP contribution in [0.1, 0.15) is 24.9 Å². The molecule has 0 unspecified atom stereocenters. The van der Waals surface area contributed by atoms with E-state index in [9.17, 15) is 22.8 Å². The normalized spacial score (nSPS) is 11.1. The number of methoxy groups -OCH3 is 2. The highest BCUT2D eigenvalue weighted by Crippen LogP contribution is 2.29. The summed E-state index contributed by atoms with van der Waals surface area (Å²) in [7, 11) is 2.93. The lowest BCUT2D eigenvalue weighted by atomic mass is 10.1. The van der Waals surface area contributed by atoms with Crippen molar-refractivity contribution in [3.8, 4) is 11.5 Å². The van der Waals surface area contributed by atoms with Crippen LogP contribution in [-0.4, -0.2) is 32.1 Å². The first-order chi connectivity index (χ1) is 11.8. The zero-order valence-corrected chi connectivity index (χ0v) is 14.1. The van der Waals surface area contributed by atoms with Crippen LogP contribution in [0.4, 0.5) is 13.2 Å². The summed E-state index contributed by atoms with van der Waals surface area (Å²) in [5, 5.41) is 2.57. The van der Waals surface area contributed by atoms with Gasteiger partial charge in [0.25, 0.3) is 11.7 Å². The number of carbonyl (C=O) groups excluding carboxylic acids is 2. The summed E-state index contributed by atoms with van der Waals surface area (Å²) in [4.78, 5) is 22.8. The maximum absolute atomic E-state index is 12.4. The van der Waals surface area contributed by atoms with Crippen LogP contribution in [0.25, 0.3) is 0 Å². The van der Waals surface area contributed by atoms with Crippen molar-refractivity contribution in [2.45, 2.75) is 12.7 Å². The number of hydrogen-bond acceptors (Lipinski definition) is 5. The molecule has 25 heavy (non-hydrogen) atoms. The van der Waals surface area contributed by atoms with Crippen molar-refractivity contribution in [2.75, 3.05) is 14.2 Å². The van der Waals surface area contributed by atoms with Gasteiger partial charge in [0.05, 0.1) is 36.1 Å². The molecule has 0 radical (unpaired) electrons. The number of carbonyl (C=O) groups is 2. The largest absolute Gasteiger partial charge is 0.496 e. The zero-order valence-electron chi connectivity index (χ0n) is 13.3. The third-order valence-corrected chi connectivity index (χ3v) is 4.35. The molecule has 0 spiro atoms. The summed E-state index contributed by atoms with van der Waals surface area (Å²) in [6.45, 7) is 0.0481. The van der Waals surface area contributed by atoms with Crippen LogP contribution in [0.5, 0.6) is 11.5 Å². The highest BCUT2D eigenvalue weighted by atomic mass is 32.1. The first kappa shape index (κ1) is 18.8. The van der Waals surface area contributed by atoms with Crippen molar-refractivity contribution >= 4 is 23.0 Å². The fraction of sp³-hybridized carbons (Fsp3) is 0.250. The summed E-state index contributed by atoms with van der Waals surface area (Å²) in [5.74, 6) is -1.57. The molecule has 1 heterocycles. The Morgan fingerprint density at radius 1 is 1.04 bits per heavy atom. The highest BCUT2D eigenvalue weighted by molar-refractivity contribution is 7.16. The molecule has 9 heteroatoms. The highest BCUT2D eigenvalue weighted by Gasteiger charge is 2.40. The van der Waals surface area contributed by atoms with Gasteiger partial charge in [0, 0.05) is 0 Å². The third-order valence-electron chi connectivity index (χ3n) is 3.27. The van der Waals surface area contributed by atoms with E-state index >= 15 is 0 Å². The van der Waals surface area contributed by atoms with Gasteiger partial charge in [-0.05, 0) is 24.3 Å². The number of amides is 1. The fourth-order valence-corrected chi connectivity index (χ4v) is 2.96. The molecule has 5 nitrogen and oxygen atoms in total. The van der Waals surface area contributed by atoms with Gasteiger partial charge in [-0.2, -0.15) is 13.2 Å². The second-order valence-electron chi connectivity index (χ2n) is 4.81. The van der Waals surface area contributed by atoms with Crippen molar-refractivity contribution < 1.29 is 32.2 Å². The minimum atomic E-state index is -4.97. The minimum absolute atomic E-state index is 0.00136. The van der Waals surface area contributed by atoms with Crippen LogP contribution in [0, 0.1) is 0 Å². The predicted molar refractivity (Wildman–Crippen MR) is 85.4 cm³/mol. The van der Waals surface area contributed by atoms with E-state index in [2.05, 4.69) is 5.32 Å². The van der Waals surface area contributed by atoms with Crippen LogP contribution in [-0.2, 0) is 6.54 Å². The molecule has 0 aliphatic rings. The molecule has 1 N–H and O–H groups in total. The summed E-state index contributed by atoms with van der Waals surface area (Å²) in [6.07, 6.45) is -4.97. The van der Waals surface area contributed by atoms with E-state index in [0.29, 0.717) is 28.4 Å². The average molecular weight is 373 g/mol. The van der Waals surface area contributed by atoms with E-state index in [0.717, 1.165) is 6.07 Å². The predicted octanol–water partition coefficient (Wildman–Crippen LogP) is 3.44. The number of halogens is 3. The number of alkyl halides is 3. The van der Waals surface area contributed by atoms with Gasteiger partial charge in [0.15, 0.2) is 0 Å². The lowest BCUT2D eigenvalue weighted by molar-refractivity contribution is -0.0882. The maximum atomic E-state index is 12.4. The average Bonchev–Trinajstić information content (AvgIpc) is 3.07. The molecule has 0 fully saturated rings. The van der Waals surface area contributed by atoms with Gasteiger partial charge in [-0.25, -0.2) is 0 Å². The molecule has 1 aromatic carbocycles. The van der Waals surface area contributed by atoms with E-state index in [1.807, 2.05) is 0 Å². The molecule has 2 aromatic rings. The molecule has 0 atom stereocenters. The minimum Gasteiger partial charge on any atom is -0.496 e. The van der Waals surface area contributed by atoms with Crippen molar-refractivity contribution in [3.05, 3.63) is 45.6 Å². The van der Waals surface area contributed by atoms with Crippen LogP contribution in [0.2, 0.25) is 0 Å². The van der Waals surface area contributed by atoms with Crippen LogP contribution in [0.3, 0.4) is 0 Å². The third kappa shape index (κ3) is 4.30. The monoisotopic (exact) mass is 373 g/mol. The first-order valence-corrected chi connectivity index (χ1v) is 7.79. The van der Waals surface area contributed by atoms with Crippen LogP contribution in [0.15, 0.2) is 30.3 Å². The molecular weight excluding hydrogens is 359 g/mol. The molecule has 0 aliphatic carbocycles. The number of Topliss-reactive ketones (excluding diaryl/α,β-unsaturated/α-hetero) is 1. The molecule has 0 saturated carbocycles. The van der Waals surface area contributed by atoms with Crippen molar-refractivity contribution in [3.63, 3.8) is 0 Å². The second-order valence-corrected chi connectivity index (χ2v) is 5.90. The van der Waals surface area contributed by atoms with Crippen molar-refractivity contribution in [2.24, 2.45) is 0 Å². The second kappa shape index (κ2) is 7.56. The SMILES string of the molecule is COc1cccc(OC)c1CNC(=O)c1ccc(C(=O)C(F)(F)F)s1. The topological polar surface area (TPSA) is 64.6 Å². The molecule has 1 amide bonds. The lowest BCUT2D eigenvalue weighted by Gasteiger charge is -2.13. The molecule has 2 rings (SSSR count). The molecule has 0 bridgehead atoms. The summed E-state index contributed by atoms with van der Waals surface area (Å²) >= 11 is 0.487. The molecule has 0 aliphatic heterocycles. The number of benzene rings is 1. The van der Waals surface area contributed by atoms with Crippen molar-refractivity contribution in [1.82, 2.24) is 5.32 Å². The molecule has 134 valence electrons. The Hall–Kier alpha value is -2.55. The molecular formula is C16H14F3NO4S. The Morgan fingerprint density at radius 2 is 1.60 bits per heavy atom. The smallest absolute Gasteiger partial charge is 0.455 e. The summed E-state index contributed by atoms with van der Waals surface area (Å²) in [5.41, 5.74) is 0.587. The summed E-state index contributed by atoms with van der Waals surface area (Å²) < 4.78 is 47.6. The van der Waals surface area contributed by atoms with Gasteiger partial charge in [-0.3, -0.25) is 9.59 Å². The van der Waals surface area contributed by atoms with Crippen LogP contribution < -0.4 is 14.8 Å². The van der Waals surface area contributed by atoms with E-state index < -0.39 is 22.7 Å². The van der Waals surface area contributed by atoms with E-state index in [4.69, 9.17) is 9.47 Å². The Labute approximate surface area is 145 Å². The van der Waals surface area contributed by atoms with E-state index in [-0.39, 0.29) is 11.4 Å². The Bertz CT molecular complexity index is 764. The van der Waals surface area contributed by atoms with Crippen LogP contribution >= 0.6 is 11.3 Å². The van der Waals surface area contributed by atoms with Crippen molar-refractivity contribution in [1.29, 1.82) is 0 Å². The number of ether oxygens (including phenoxy) is 2. The lowest BCUT2D eigenvalue weighted by Crippen LogP contribution is -2.23. The van der Waals surface area contributed by atoms with Gasteiger partial charge in [0.1, 0.15) is 11.5 Å². The fourth-order valence-electron chi connectivity index (χ4n) is 2.08. The first-order valence-electron chi connectivity index (χ1n) is 6.97. The van der Waals surface area contributed by atoms with E-state index in [1.165, 1.54) is 20.3 Å². The molecule has 0 saturated heterocycles. The maximum Gasteiger partial charge on any atom is 0.455 e. The number of nitrogens with one attached hydrogen (secondary N) is 1. The zero-order chi connectivity index (χ0) is 18.6. The Morgan fingerprint density at radius 3 is 2.12 bits per heavy atom. The number of hydrogen-bond donors (Lipinski definition) is 1. The Kier molecular flexibility index (Phi) is 5.68. The number of rotatable bonds is 6. The summed E-state index contributed by atoms with van der Waals surface area (Å²) in [6, 6.07) is 7.26. The Balaban J connectivity index is 2.12. The quantitative estimate of drug-likeness (QED) is 0.788. The number of thiophene rings is 1. The van der Waals surface area contributed by atoms with Gasteiger partial charge in [-0.1, -0.05) is 6.07 Å². The standard InChI is InChI=1S/C16H14F3NO4S/c1-23-10-4-3-5-11(24-2)9(10)8-20-15(22)13-7-6-12(25-13)14(21)16(17,18)19/h3-7H,8H2,1-2H3,(H,20,22). The van der Waals surface area contributed by atoms with Gasteiger partial charge >= 0.3 is 6.18 Å². The van der Waals surface area contributed by atoms with E-state index in [1.54, 1.807) is 18.2 Å². The van der Waals surface area contributed by atoms with Gasteiger partial charge in [-0.15, -0.1) is 11.3 Å². The van der Waals surface area contributed by atoms with Gasteiger partial charge < -0.3 is 14.8 Å². The molecule has 1 aromatic heterocycles. The number of ketones is 1.